The number of amides is 1. The van der Waals surface area contributed by atoms with Crippen molar-refractivity contribution in [3.8, 4) is 11.4 Å². The van der Waals surface area contributed by atoms with E-state index in [9.17, 15) is 4.79 Å². The van der Waals surface area contributed by atoms with E-state index in [4.69, 9.17) is 4.74 Å². The van der Waals surface area contributed by atoms with Gasteiger partial charge in [-0.25, -0.2) is 0 Å². The zero-order chi connectivity index (χ0) is 16.1. The standard InChI is InChI=1S/C14H20N6O2/c1-9(8-15-3)14(21)16-11-5-6-13(22-4)12(7-11)20-10(2)17-18-19-20/h5-7,9,15H,8H2,1-4H3,(H,16,21). The molecule has 2 rings (SSSR count). The Bertz CT molecular complexity index is 655. The van der Waals surface area contributed by atoms with Crippen molar-refractivity contribution < 1.29 is 9.53 Å². The second-order valence-electron chi connectivity index (χ2n) is 4.97. The first-order valence-corrected chi connectivity index (χ1v) is 6.95. The molecule has 2 N–H and O–H groups in total. The van der Waals surface area contributed by atoms with Crippen LogP contribution >= 0.6 is 0 Å². The van der Waals surface area contributed by atoms with E-state index in [1.165, 1.54) is 0 Å². The molecule has 0 radical (unpaired) electrons. The molecular formula is C14H20N6O2. The summed E-state index contributed by atoms with van der Waals surface area (Å²) in [6, 6.07) is 5.34. The molecular weight excluding hydrogens is 284 g/mol. The third-order valence-corrected chi connectivity index (χ3v) is 3.26. The van der Waals surface area contributed by atoms with Crippen LogP contribution in [0.15, 0.2) is 18.2 Å². The predicted octanol–water partition coefficient (Wildman–Crippen LogP) is 0.773. The number of hydrogen-bond donors (Lipinski definition) is 2. The first-order valence-electron chi connectivity index (χ1n) is 6.95. The summed E-state index contributed by atoms with van der Waals surface area (Å²) < 4.78 is 6.89. The van der Waals surface area contributed by atoms with Crippen LogP contribution in [0.25, 0.3) is 5.69 Å². The third kappa shape index (κ3) is 3.40. The molecule has 0 spiro atoms. The Hall–Kier alpha value is -2.48. The highest BCUT2D eigenvalue weighted by atomic mass is 16.5. The number of anilines is 1. The van der Waals surface area contributed by atoms with E-state index >= 15 is 0 Å². The van der Waals surface area contributed by atoms with Gasteiger partial charge in [-0.1, -0.05) is 6.92 Å². The monoisotopic (exact) mass is 304 g/mol. The lowest BCUT2D eigenvalue weighted by molar-refractivity contribution is -0.119. The highest BCUT2D eigenvalue weighted by Gasteiger charge is 2.15. The number of rotatable bonds is 6. The second-order valence-corrected chi connectivity index (χ2v) is 4.97. The smallest absolute Gasteiger partial charge is 0.228 e. The molecule has 1 atom stereocenters. The minimum absolute atomic E-state index is 0.0566. The van der Waals surface area contributed by atoms with Gasteiger partial charge in [0.1, 0.15) is 11.4 Å². The van der Waals surface area contributed by atoms with Gasteiger partial charge >= 0.3 is 0 Å². The first kappa shape index (κ1) is 15.9. The number of carbonyl (C=O) groups is 1. The van der Waals surface area contributed by atoms with Crippen LogP contribution in [0.4, 0.5) is 5.69 Å². The van der Waals surface area contributed by atoms with Crippen LogP contribution in [0.2, 0.25) is 0 Å². The maximum atomic E-state index is 12.1. The van der Waals surface area contributed by atoms with E-state index in [-0.39, 0.29) is 11.8 Å². The van der Waals surface area contributed by atoms with Crippen molar-refractivity contribution >= 4 is 11.6 Å². The van der Waals surface area contributed by atoms with Crippen molar-refractivity contribution in [3.63, 3.8) is 0 Å². The highest BCUT2D eigenvalue weighted by Crippen LogP contribution is 2.26. The number of aryl methyl sites for hydroxylation is 1. The molecule has 0 aliphatic carbocycles. The van der Waals surface area contributed by atoms with Gasteiger partial charge in [0.25, 0.3) is 0 Å². The second kappa shape index (κ2) is 6.99. The van der Waals surface area contributed by atoms with Crippen molar-refractivity contribution in [2.45, 2.75) is 13.8 Å². The largest absolute Gasteiger partial charge is 0.494 e. The Morgan fingerprint density at radius 2 is 2.23 bits per heavy atom. The van der Waals surface area contributed by atoms with Gasteiger partial charge in [0.2, 0.25) is 5.91 Å². The van der Waals surface area contributed by atoms with E-state index < -0.39 is 0 Å². The molecule has 0 fully saturated rings. The first-order chi connectivity index (χ1) is 10.6. The fraction of sp³-hybridized carbons (Fsp3) is 0.429. The maximum absolute atomic E-state index is 12.1. The molecule has 8 nitrogen and oxygen atoms in total. The fourth-order valence-electron chi connectivity index (χ4n) is 2.05. The van der Waals surface area contributed by atoms with Crippen molar-refractivity contribution in [2.75, 3.05) is 26.0 Å². The maximum Gasteiger partial charge on any atom is 0.228 e. The molecule has 22 heavy (non-hydrogen) atoms. The summed E-state index contributed by atoms with van der Waals surface area (Å²) in [7, 11) is 3.39. The number of carbonyl (C=O) groups excluding carboxylic acids is 1. The Balaban J connectivity index is 2.28. The molecule has 1 heterocycles. The number of nitrogens with zero attached hydrogens (tertiary/aromatic N) is 4. The van der Waals surface area contributed by atoms with Gasteiger partial charge in [-0.3, -0.25) is 4.79 Å². The van der Waals surface area contributed by atoms with Crippen LogP contribution in [-0.4, -0.2) is 46.8 Å². The van der Waals surface area contributed by atoms with Crippen molar-refractivity contribution in [1.82, 2.24) is 25.5 Å². The number of benzene rings is 1. The molecule has 1 aromatic heterocycles. The molecule has 1 unspecified atom stereocenters. The van der Waals surface area contributed by atoms with Crippen LogP contribution in [0.1, 0.15) is 12.7 Å². The van der Waals surface area contributed by atoms with Gasteiger partial charge < -0.3 is 15.4 Å². The summed E-state index contributed by atoms with van der Waals surface area (Å²) >= 11 is 0. The van der Waals surface area contributed by atoms with Gasteiger partial charge in [-0.2, -0.15) is 4.68 Å². The molecule has 1 aromatic carbocycles. The zero-order valence-electron chi connectivity index (χ0n) is 13.1. The molecule has 0 aliphatic rings. The van der Waals surface area contributed by atoms with E-state index in [1.54, 1.807) is 36.9 Å². The number of hydrogen-bond acceptors (Lipinski definition) is 6. The normalized spacial score (nSPS) is 12.0. The summed E-state index contributed by atoms with van der Waals surface area (Å²) in [6.45, 7) is 4.27. The Morgan fingerprint density at radius 1 is 1.45 bits per heavy atom. The summed E-state index contributed by atoms with van der Waals surface area (Å²) in [6.07, 6.45) is 0. The van der Waals surface area contributed by atoms with Gasteiger partial charge in [0, 0.05) is 18.2 Å². The van der Waals surface area contributed by atoms with Crippen LogP contribution in [0.5, 0.6) is 5.75 Å². The Morgan fingerprint density at radius 3 is 2.82 bits per heavy atom. The van der Waals surface area contributed by atoms with Gasteiger partial charge in [0.05, 0.1) is 7.11 Å². The fourth-order valence-corrected chi connectivity index (χ4v) is 2.05. The van der Waals surface area contributed by atoms with E-state index in [2.05, 4.69) is 26.2 Å². The predicted molar refractivity (Wildman–Crippen MR) is 82.2 cm³/mol. The zero-order valence-corrected chi connectivity index (χ0v) is 13.1. The van der Waals surface area contributed by atoms with Crippen LogP contribution in [0.3, 0.4) is 0 Å². The van der Waals surface area contributed by atoms with Gasteiger partial charge in [0.15, 0.2) is 5.82 Å². The average molecular weight is 304 g/mol. The lowest BCUT2D eigenvalue weighted by atomic mass is 10.1. The highest BCUT2D eigenvalue weighted by molar-refractivity contribution is 5.92. The van der Waals surface area contributed by atoms with E-state index in [0.29, 0.717) is 29.5 Å². The minimum atomic E-state index is -0.134. The van der Waals surface area contributed by atoms with Crippen LogP contribution < -0.4 is 15.4 Å². The average Bonchev–Trinajstić information content (AvgIpc) is 2.93. The topological polar surface area (TPSA) is 94.0 Å². The summed E-state index contributed by atoms with van der Waals surface area (Å²) in [5.41, 5.74) is 1.34. The summed E-state index contributed by atoms with van der Waals surface area (Å²) in [4.78, 5) is 12.1. The van der Waals surface area contributed by atoms with Crippen LogP contribution in [0, 0.1) is 12.8 Å². The van der Waals surface area contributed by atoms with Crippen molar-refractivity contribution in [2.24, 2.45) is 5.92 Å². The molecule has 0 saturated heterocycles. The quantitative estimate of drug-likeness (QED) is 0.819. The Kier molecular flexibility index (Phi) is 5.05. The number of ether oxygens (including phenoxy) is 1. The minimum Gasteiger partial charge on any atom is -0.494 e. The number of nitrogens with one attached hydrogen (secondary N) is 2. The molecule has 0 saturated carbocycles. The summed E-state index contributed by atoms with van der Waals surface area (Å²) in [5.74, 6) is 1.06. The SMILES string of the molecule is CNCC(C)C(=O)Nc1ccc(OC)c(-n2nnnc2C)c1. The third-order valence-electron chi connectivity index (χ3n) is 3.26. The van der Waals surface area contributed by atoms with E-state index in [1.807, 2.05) is 14.0 Å². The molecule has 2 aromatic rings. The number of aromatic nitrogens is 4. The lowest BCUT2D eigenvalue weighted by Gasteiger charge is -2.14. The molecule has 8 heteroatoms. The van der Waals surface area contributed by atoms with Gasteiger partial charge in [-0.15, -0.1) is 5.10 Å². The molecule has 118 valence electrons. The number of tetrazole rings is 1. The van der Waals surface area contributed by atoms with Gasteiger partial charge in [-0.05, 0) is 42.6 Å². The van der Waals surface area contributed by atoms with Crippen LogP contribution in [-0.2, 0) is 4.79 Å². The molecule has 0 aliphatic heterocycles. The Labute approximate surface area is 128 Å². The van der Waals surface area contributed by atoms with E-state index in [0.717, 1.165) is 0 Å². The summed E-state index contributed by atoms with van der Waals surface area (Å²) in [5, 5.41) is 17.3. The lowest BCUT2D eigenvalue weighted by Crippen LogP contribution is -2.28. The van der Waals surface area contributed by atoms with Crippen molar-refractivity contribution in [3.05, 3.63) is 24.0 Å². The number of methoxy groups -OCH3 is 1. The van der Waals surface area contributed by atoms with Crippen molar-refractivity contribution in [1.29, 1.82) is 0 Å². The molecule has 0 bridgehead atoms. The molecule has 1 amide bonds.